The van der Waals surface area contributed by atoms with Crippen LogP contribution in [0.3, 0.4) is 0 Å². The van der Waals surface area contributed by atoms with Gasteiger partial charge in [0.15, 0.2) is 6.29 Å². The van der Waals surface area contributed by atoms with Gasteiger partial charge in [0.2, 0.25) is 0 Å². The fraction of sp³-hybridized carbons (Fsp3) is 0.381. The lowest BCUT2D eigenvalue weighted by atomic mass is 9.93. The number of nitrogens with zero attached hydrogens (tertiary/aromatic N) is 1. The number of benzene rings is 2. The second-order valence-corrected chi connectivity index (χ2v) is 6.99. The van der Waals surface area contributed by atoms with Gasteiger partial charge in [-0.1, -0.05) is 60.7 Å². The zero-order valence-corrected chi connectivity index (χ0v) is 15.3. The summed E-state index contributed by atoms with van der Waals surface area (Å²) in [7, 11) is 0. The molecule has 1 amide bonds. The summed E-state index contributed by atoms with van der Waals surface area (Å²) < 4.78 is 17.1. The van der Waals surface area contributed by atoms with Crippen LogP contribution in [0.4, 0.5) is 4.79 Å². The maximum atomic E-state index is 12.6. The summed E-state index contributed by atoms with van der Waals surface area (Å²) in [6.07, 6.45) is -4.25. The van der Waals surface area contributed by atoms with Crippen LogP contribution in [-0.2, 0) is 20.8 Å². The second-order valence-electron chi connectivity index (χ2n) is 6.99. The minimum absolute atomic E-state index is 0.0430. The summed E-state index contributed by atoms with van der Waals surface area (Å²) in [5.41, 5.74) is 1.68. The van der Waals surface area contributed by atoms with Gasteiger partial charge < -0.3 is 24.4 Å². The van der Waals surface area contributed by atoms with Gasteiger partial charge in [0, 0.05) is 5.56 Å². The van der Waals surface area contributed by atoms with E-state index in [-0.39, 0.29) is 19.8 Å². The van der Waals surface area contributed by atoms with E-state index in [2.05, 4.69) is 0 Å². The number of likely N-dealkylation sites (tertiary alicyclic amines) is 1. The van der Waals surface area contributed by atoms with Crippen molar-refractivity contribution in [1.82, 2.24) is 4.90 Å². The van der Waals surface area contributed by atoms with Crippen LogP contribution in [0, 0.1) is 0 Å². The SMILES string of the molecule is O=C(OCc1ccccc1)N1C[C@H](O)[C@@H](O)[C@@H]2O[C@@H](c3ccccc3)OC[C@@H]21. The van der Waals surface area contributed by atoms with E-state index in [0.29, 0.717) is 0 Å². The molecule has 7 nitrogen and oxygen atoms in total. The Balaban J connectivity index is 1.45. The molecule has 2 N–H and O–H groups in total. The van der Waals surface area contributed by atoms with Crippen LogP contribution in [0.5, 0.6) is 0 Å². The van der Waals surface area contributed by atoms with Gasteiger partial charge in [0.05, 0.1) is 19.2 Å². The molecule has 2 fully saturated rings. The number of carbonyl (C=O) groups excluding carboxylic acids is 1. The maximum absolute atomic E-state index is 12.6. The van der Waals surface area contributed by atoms with Gasteiger partial charge in [-0.05, 0) is 5.56 Å². The highest BCUT2D eigenvalue weighted by molar-refractivity contribution is 5.68. The van der Waals surface area contributed by atoms with Gasteiger partial charge in [0.25, 0.3) is 0 Å². The number of rotatable bonds is 3. The van der Waals surface area contributed by atoms with Gasteiger partial charge >= 0.3 is 6.09 Å². The highest BCUT2D eigenvalue weighted by Crippen LogP contribution is 2.33. The van der Waals surface area contributed by atoms with Gasteiger partial charge in [-0.25, -0.2) is 4.79 Å². The van der Waals surface area contributed by atoms with E-state index < -0.39 is 36.7 Å². The molecule has 28 heavy (non-hydrogen) atoms. The van der Waals surface area contributed by atoms with Crippen molar-refractivity contribution < 1.29 is 29.2 Å². The number of carbonyl (C=O) groups is 1. The molecule has 2 aliphatic heterocycles. The van der Waals surface area contributed by atoms with Crippen molar-refractivity contribution in [2.45, 2.75) is 37.3 Å². The minimum Gasteiger partial charge on any atom is -0.445 e. The van der Waals surface area contributed by atoms with Crippen LogP contribution in [0.2, 0.25) is 0 Å². The number of β-amino-alcohol motifs (C(OH)–C–C–N with tert-alkyl or cyclic N) is 1. The smallest absolute Gasteiger partial charge is 0.410 e. The lowest BCUT2D eigenvalue weighted by Gasteiger charge is -2.48. The first-order valence-corrected chi connectivity index (χ1v) is 9.29. The molecule has 0 unspecified atom stereocenters. The molecule has 148 valence electrons. The van der Waals surface area contributed by atoms with Crippen molar-refractivity contribution in [3.05, 3.63) is 71.8 Å². The number of piperidine rings is 1. The van der Waals surface area contributed by atoms with E-state index in [4.69, 9.17) is 14.2 Å². The van der Waals surface area contributed by atoms with Crippen molar-refractivity contribution in [2.75, 3.05) is 13.2 Å². The largest absolute Gasteiger partial charge is 0.445 e. The van der Waals surface area contributed by atoms with Crippen molar-refractivity contribution >= 4 is 6.09 Å². The molecule has 0 aliphatic carbocycles. The Morgan fingerprint density at radius 3 is 2.46 bits per heavy atom. The Morgan fingerprint density at radius 1 is 1.07 bits per heavy atom. The van der Waals surface area contributed by atoms with E-state index in [1.54, 1.807) is 0 Å². The van der Waals surface area contributed by atoms with E-state index >= 15 is 0 Å². The van der Waals surface area contributed by atoms with Crippen molar-refractivity contribution in [1.29, 1.82) is 0 Å². The molecule has 2 heterocycles. The number of ether oxygens (including phenoxy) is 3. The van der Waals surface area contributed by atoms with Gasteiger partial charge in [-0.3, -0.25) is 4.90 Å². The van der Waals surface area contributed by atoms with Crippen LogP contribution in [-0.4, -0.2) is 58.7 Å². The van der Waals surface area contributed by atoms with Crippen molar-refractivity contribution in [3.63, 3.8) is 0 Å². The summed E-state index contributed by atoms with van der Waals surface area (Å²) >= 11 is 0. The average Bonchev–Trinajstić information content (AvgIpc) is 2.75. The molecule has 2 saturated heterocycles. The molecule has 2 aromatic carbocycles. The minimum atomic E-state index is -1.12. The fourth-order valence-electron chi connectivity index (χ4n) is 3.59. The average molecular weight is 385 g/mol. The molecule has 0 bridgehead atoms. The van der Waals surface area contributed by atoms with Crippen LogP contribution in [0.15, 0.2) is 60.7 Å². The van der Waals surface area contributed by atoms with Crippen LogP contribution in [0.1, 0.15) is 17.4 Å². The highest BCUT2D eigenvalue weighted by atomic mass is 16.7. The monoisotopic (exact) mass is 385 g/mol. The zero-order chi connectivity index (χ0) is 19.5. The molecule has 2 aromatic rings. The van der Waals surface area contributed by atoms with Crippen LogP contribution in [0.25, 0.3) is 0 Å². The van der Waals surface area contributed by atoms with E-state index in [1.165, 1.54) is 4.90 Å². The van der Waals surface area contributed by atoms with Crippen molar-refractivity contribution in [3.8, 4) is 0 Å². The maximum Gasteiger partial charge on any atom is 0.410 e. The van der Waals surface area contributed by atoms with Gasteiger partial charge in [-0.2, -0.15) is 0 Å². The third kappa shape index (κ3) is 3.88. The van der Waals surface area contributed by atoms with E-state index in [0.717, 1.165) is 11.1 Å². The number of amides is 1. The number of fused-ring (bicyclic) bond motifs is 1. The van der Waals surface area contributed by atoms with Crippen LogP contribution >= 0.6 is 0 Å². The highest BCUT2D eigenvalue weighted by Gasteiger charge is 2.49. The third-order valence-electron chi connectivity index (χ3n) is 5.10. The summed E-state index contributed by atoms with van der Waals surface area (Å²) in [5.74, 6) is 0. The predicted molar refractivity (Wildman–Crippen MR) is 99.1 cm³/mol. The summed E-state index contributed by atoms with van der Waals surface area (Å²) in [6, 6.07) is 18.2. The summed E-state index contributed by atoms with van der Waals surface area (Å²) in [5, 5.41) is 20.7. The Hall–Kier alpha value is -2.45. The molecular weight excluding hydrogens is 362 g/mol. The third-order valence-corrected chi connectivity index (χ3v) is 5.10. The molecule has 2 aliphatic rings. The van der Waals surface area contributed by atoms with Crippen LogP contribution < -0.4 is 0 Å². The van der Waals surface area contributed by atoms with E-state index in [9.17, 15) is 15.0 Å². The number of hydrogen-bond donors (Lipinski definition) is 2. The second kappa shape index (κ2) is 8.28. The summed E-state index contributed by atoms with van der Waals surface area (Å²) in [6.45, 7) is 0.258. The number of aliphatic hydroxyl groups excluding tert-OH is 2. The van der Waals surface area contributed by atoms with Gasteiger partial charge in [-0.15, -0.1) is 0 Å². The quantitative estimate of drug-likeness (QED) is 0.838. The molecule has 0 aromatic heterocycles. The molecule has 0 saturated carbocycles. The lowest BCUT2D eigenvalue weighted by molar-refractivity contribution is -0.283. The molecular formula is C21H23NO6. The van der Waals surface area contributed by atoms with Gasteiger partial charge in [0.1, 0.15) is 24.9 Å². The first-order valence-electron chi connectivity index (χ1n) is 9.29. The predicted octanol–water partition coefficient (Wildman–Crippen LogP) is 1.84. The topological polar surface area (TPSA) is 88.5 Å². The number of hydrogen-bond acceptors (Lipinski definition) is 6. The Bertz CT molecular complexity index is 786. The standard InChI is InChI=1S/C21H23NO6/c23-17-11-22(21(25)27-12-14-7-3-1-4-8-14)16-13-26-20(28-19(16)18(17)24)15-9-5-2-6-10-15/h1-10,16-20,23-24H,11-13H2/t16-,17-,18+,19+,20-/m0/s1. The first-order chi connectivity index (χ1) is 13.6. The molecule has 7 heteroatoms. The summed E-state index contributed by atoms with van der Waals surface area (Å²) in [4.78, 5) is 14.0. The molecule has 0 spiro atoms. The lowest BCUT2D eigenvalue weighted by Crippen LogP contribution is -2.66. The normalized spacial score (nSPS) is 29.8. The van der Waals surface area contributed by atoms with E-state index in [1.807, 2.05) is 60.7 Å². The Kier molecular flexibility index (Phi) is 5.59. The number of aliphatic hydroxyl groups is 2. The fourth-order valence-corrected chi connectivity index (χ4v) is 3.59. The van der Waals surface area contributed by atoms with Crippen molar-refractivity contribution in [2.24, 2.45) is 0 Å². The zero-order valence-electron chi connectivity index (χ0n) is 15.3. The first kappa shape index (κ1) is 18.9. The molecule has 0 radical (unpaired) electrons. The Morgan fingerprint density at radius 2 is 1.75 bits per heavy atom. The Labute approximate surface area is 163 Å². The molecule has 4 rings (SSSR count). The molecule has 5 atom stereocenters.